The second-order valence-electron chi connectivity index (χ2n) is 3.73. The quantitative estimate of drug-likeness (QED) is 0.801. The number of ether oxygens (including phenoxy) is 1. The monoisotopic (exact) mass is 209 g/mol. The average molecular weight is 209 g/mol. The molecule has 1 aromatic rings. The van der Waals surface area contributed by atoms with E-state index in [9.17, 15) is 0 Å². The number of nitrogens with zero attached hydrogens (tertiary/aromatic N) is 2. The third-order valence-corrected chi connectivity index (χ3v) is 2.03. The second-order valence-corrected chi connectivity index (χ2v) is 3.73. The Morgan fingerprint density at radius 1 is 1.47 bits per heavy atom. The predicted molar refractivity (Wildman–Crippen MR) is 59.9 cm³/mol. The standard InChI is InChI=1S/C11H19N3O/c1-5-15-11-13-7-10(9(4)14-11)6-12-8(2)3/h7-8,12H,5-6H2,1-4H3. The van der Waals surface area contributed by atoms with Crippen LogP contribution in [0.4, 0.5) is 0 Å². The van der Waals surface area contributed by atoms with Gasteiger partial charge in [-0.1, -0.05) is 13.8 Å². The molecule has 0 bridgehead atoms. The molecule has 0 unspecified atom stereocenters. The minimum atomic E-state index is 0.461. The summed E-state index contributed by atoms with van der Waals surface area (Å²) in [5, 5.41) is 3.33. The van der Waals surface area contributed by atoms with Gasteiger partial charge in [-0.2, -0.15) is 0 Å². The molecule has 1 rings (SSSR count). The van der Waals surface area contributed by atoms with Gasteiger partial charge in [0, 0.05) is 30.0 Å². The fourth-order valence-corrected chi connectivity index (χ4v) is 1.16. The first-order valence-electron chi connectivity index (χ1n) is 5.32. The maximum atomic E-state index is 5.22. The first-order valence-corrected chi connectivity index (χ1v) is 5.32. The van der Waals surface area contributed by atoms with E-state index in [0.717, 1.165) is 17.8 Å². The van der Waals surface area contributed by atoms with Gasteiger partial charge in [0.25, 0.3) is 0 Å². The topological polar surface area (TPSA) is 47.0 Å². The Balaban J connectivity index is 2.66. The third kappa shape index (κ3) is 3.83. The first kappa shape index (κ1) is 11.9. The van der Waals surface area contributed by atoms with Crippen LogP contribution < -0.4 is 10.1 Å². The molecule has 0 spiro atoms. The van der Waals surface area contributed by atoms with Gasteiger partial charge in [0.2, 0.25) is 0 Å². The summed E-state index contributed by atoms with van der Waals surface area (Å²) in [6.45, 7) is 9.53. The highest BCUT2D eigenvalue weighted by Crippen LogP contribution is 2.08. The number of nitrogens with one attached hydrogen (secondary N) is 1. The van der Waals surface area contributed by atoms with E-state index in [0.29, 0.717) is 18.7 Å². The van der Waals surface area contributed by atoms with E-state index in [4.69, 9.17) is 4.74 Å². The molecule has 0 amide bonds. The van der Waals surface area contributed by atoms with Crippen LogP contribution in [0.3, 0.4) is 0 Å². The van der Waals surface area contributed by atoms with Crippen LogP contribution in [0, 0.1) is 6.92 Å². The maximum Gasteiger partial charge on any atom is 0.316 e. The molecule has 1 heterocycles. The van der Waals surface area contributed by atoms with Gasteiger partial charge in [0.05, 0.1) is 6.61 Å². The summed E-state index contributed by atoms with van der Waals surface area (Å²) in [6.07, 6.45) is 1.82. The number of hydrogen-bond donors (Lipinski definition) is 1. The normalized spacial score (nSPS) is 10.7. The molecule has 0 aliphatic heterocycles. The molecule has 0 radical (unpaired) electrons. The molecule has 0 atom stereocenters. The zero-order chi connectivity index (χ0) is 11.3. The van der Waals surface area contributed by atoms with Crippen molar-refractivity contribution in [1.82, 2.24) is 15.3 Å². The Hall–Kier alpha value is -1.16. The van der Waals surface area contributed by atoms with Crippen molar-refractivity contribution in [3.63, 3.8) is 0 Å². The van der Waals surface area contributed by atoms with Crippen molar-refractivity contribution < 1.29 is 4.74 Å². The van der Waals surface area contributed by atoms with E-state index in [1.807, 2.05) is 20.0 Å². The van der Waals surface area contributed by atoms with Gasteiger partial charge in [-0.3, -0.25) is 0 Å². The SMILES string of the molecule is CCOc1ncc(CNC(C)C)c(C)n1. The number of hydrogen-bond acceptors (Lipinski definition) is 4. The Kier molecular flexibility index (Phi) is 4.49. The molecule has 4 nitrogen and oxygen atoms in total. The minimum absolute atomic E-state index is 0.461. The number of aryl methyl sites for hydroxylation is 1. The zero-order valence-corrected chi connectivity index (χ0v) is 9.87. The highest BCUT2D eigenvalue weighted by molar-refractivity contribution is 5.17. The largest absolute Gasteiger partial charge is 0.464 e. The lowest BCUT2D eigenvalue weighted by molar-refractivity contribution is 0.311. The van der Waals surface area contributed by atoms with Crippen molar-refractivity contribution in [3.05, 3.63) is 17.5 Å². The van der Waals surface area contributed by atoms with Crippen molar-refractivity contribution in [1.29, 1.82) is 0 Å². The lowest BCUT2D eigenvalue weighted by Crippen LogP contribution is -2.22. The summed E-state index contributed by atoms with van der Waals surface area (Å²) in [7, 11) is 0. The van der Waals surface area contributed by atoms with Crippen molar-refractivity contribution in [3.8, 4) is 6.01 Å². The van der Waals surface area contributed by atoms with E-state index in [1.54, 1.807) is 0 Å². The molecule has 0 saturated carbocycles. The van der Waals surface area contributed by atoms with Crippen LogP contribution >= 0.6 is 0 Å². The van der Waals surface area contributed by atoms with Crippen molar-refractivity contribution in [2.45, 2.75) is 40.3 Å². The summed E-state index contributed by atoms with van der Waals surface area (Å²) in [6, 6.07) is 0.930. The average Bonchev–Trinajstić information content (AvgIpc) is 2.17. The van der Waals surface area contributed by atoms with Gasteiger partial charge >= 0.3 is 6.01 Å². The fraction of sp³-hybridized carbons (Fsp3) is 0.636. The number of aromatic nitrogens is 2. The summed E-state index contributed by atoms with van der Waals surface area (Å²) < 4.78 is 5.22. The summed E-state index contributed by atoms with van der Waals surface area (Å²) >= 11 is 0. The van der Waals surface area contributed by atoms with Gasteiger partial charge in [0.15, 0.2) is 0 Å². The Bertz CT molecular complexity index is 313. The molecule has 4 heteroatoms. The van der Waals surface area contributed by atoms with Gasteiger partial charge in [-0.25, -0.2) is 9.97 Å². The second kappa shape index (κ2) is 5.66. The molecule has 0 aliphatic rings. The van der Waals surface area contributed by atoms with Crippen molar-refractivity contribution in [2.75, 3.05) is 6.61 Å². The van der Waals surface area contributed by atoms with Crippen LogP contribution in [-0.2, 0) is 6.54 Å². The minimum Gasteiger partial charge on any atom is -0.464 e. The van der Waals surface area contributed by atoms with Crippen LogP contribution in [0.15, 0.2) is 6.20 Å². The van der Waals surface area contributed by atoms with E-state index in [1.165, 1.54) is 0 Å². The molecular weight excluding hydrogens is 190 g/mol. The van der Waals surface area contributed by atoms with Gasteiger partial charge < -0.3 is 10.1 Å². The molecule has 0 aromatic carbocycles. The highest BCUT2D eigenvalue weighted by Gasteiger charge is 2.04. The molecule has 0 fully saturated rings. The van der Waals surface area contributed by atoms with E-state index in [2.05, 4.69) is 29.1 Å². The molecule has 15 heavy (non-hydrogen) atoms. The van der Waals surface area contributed by atoms with Crippen LogP contribution in [-0.4, -0.2) is 22.6 Å². The highest BCUT2D eigenvalue weighted by atomic mass is 16.5. The van der Waals surface area contributed by atoms with E-state index < -0.39 is 0 Å². The van der Waals surface area contributed by atoms with Gasteiger partial charge in [-0.15, -0.1) is 0 Å². The molecule has 84 valence electrons. The smallest absolute Gasteiger partial charge is 0.316 e. The van der Waals surface area contributed by atoms with E-state index in [-0.39, 0.29) is 0 Å². The summed E-state index contributed by atoms with van der Waals surface area (Å²) in [4.78, 5) is 8.40. The van der Waals surface area contributed by atoms with Crippen molar-refractivity contribution >= 4 is 0 Å². The third-order valence-electron chi connectivity index (χ3n) is 2.03. The lowest BCUT2D eigenvalue weighted by atomic mass is 10.2. The van der Waals surface area contributed by atoms with Crippen molar-refractivity contribution in [2.24, 2.45) is 0 Å². The van der Waals surface area contributed by atoms with Crippen LogP contribution in [0.2, 0.25) is 0 Å². The Labute approximate surface area is 91.1 Å². The molecule has 1 aromatic heterocycles. The zero-order valence-electron chi connectivity index (χ0n) is 9.87. The molecular formula is C11H19N3O. The van der Waals surface area contributed by atoms with Gasteiger partial charge in [0.1, 0.15) is 0 Å². The summed E-state index contributed by atoms with van der Waals surface area (Å²) in [5.74, 6) is 0. The van der Waals surface area contributed by atoms with E-state index >= 15 is 0 Å². The molecule has 0 saturated heterocycles. The summed E-state index contributed by atoms with van der Waals surface area (Å²) in [5.41, 5.74) is 2.09. The van der Waals surface area contributed by atoms with Crippen LogP contribution in [0.1, 0.15) is 32.0 Å². The fourth-order valence-electron chi connectivity index (χ4n) is 1.16. The maximum absolute atomic E-state index is 5.22. The lowest BCUT2D eigenvalue weighted by Gasteiger charge is -2.10. The Morgan fingerprint density at radius 3 is 2.73 bits per heavy atom. The van der Waals surface area contributed by atoms with Crippen LogP contribution in [0.5, 0.6) is 6.01 Å². The van der Waals surface area contributed by atoms with Crippen LogP contribution in [0.25, 0.3) is 0 Å². The Morgan fingerprint density at radius 2 is 2.20 bits per heavy atom. The molecule has 0 aliphatic carbocycles. The number of rotatable bonds is 5. The molecule has 1 N–H and O–H groups in total. The first-order chi connectivity index (χ1) is 7.13. The predicted octanol–water partition coefficient (Wildman–Crippen LogP) is 1.68. The van der Waals surface area contributed by atoms with Gasteiger partial charge in [-0.05, 0) is 13.8 Å².